The van der Waals surface area contributed by atoms with Gasteiger partial charge in [-0.3, -0.25) is 9.59 Å². The molecule has 3 aromatic rings. The van der Waals surface area contributed by atoms with Crippen molar-refractivity contribution >= 4 is 34.9 Å². The van der Waals surface area contributed by atoms with Gasteiger partial charge in [-0.25, -0.2) is 0 Å². The van der Waals surface area contributed by atoms with E-state index in [1.54, 1.807) is 49.4 Å². The van der Waals surface area contributed by atoms with Gasteiger partial charge in [0, 0.05) is 27.9 Å². The molecule has 26 heavy (non-hydrogen) atoms. The van der Waals surface area contributed by atoms with Gasteiger partial charge in [-0.15, -0.1) is 0 Å². The minimum absolute atomic E-state index is 0.317. The van der Waals surface area contributed by atoms with Crippen molar-refractivity contribution in [2.75, 3.05) is 10.6 Å². The van der Waals surface area contributed by atoms with E-state index >= 15 is 0 Å². The average Bonchev–Trinajstić information content (AvgIpc) is 3.03. The van der Waals surface area contributed by atoms with Gasteiger partial charge in [-0.05, 0) is 49.7 Å². The molecule has 0 atom stereocenters. The zero-order chi connectivity index (χ0) is 18.7. The summed E-state index contributed by atoms with van der Waals surface area (Å²) in [6.07, 6.45) is 0. The number of aryl methyl sites for hydroxylation is 1. The van der Waals surface area contributed by atoms with Crippen LogP contribution in [-0.4, -0.2) is 17.0 Å². The number of hydrogen-bond donors (Lipinski definition) is 2. The van der Waals surface area contributed by atoms with Gasteiger partial charge in [0.25, 0.3) is 11.8 Å². The molecular formula is C19H16ClN3O3. The Kier molecular flexibility index (Phi) is 5.04. The normalized spacial score (nSPS) is 10.4. The van der Waals surface area contributed by atoms with Crippen LogP contribution in [0.2, 0.25) is 5.02 Å². The monoisotopic (exact) mass is 369 g/mol. The average molecular weight is 370 g/mol. The van der Waals surface area contributed by atoms with Crippen LogP contribution in [0.5, 0.6) is 0 Å². The molecule has 2 aromatic carbocycles. The van der Waals surface area contributed by atoms with E-state index < -0.39 is 0 Å². The Morgan fingerprint density at radius 3 is 2.27 bits per heavy atom. The second-order valence-corrected chi connectivity index (χ2v) is 6.13. The first-order valence-electron chi connectivity index (χ1n) is 7.85. The summed E-state index contributed by atoms with van der Waals surface area (Å²) in [5.41, 5.74) is 2.09. The van der Waals surface area contributed by atoms with Gasteiger partial charge in [-0.1, -0.05) is 28.9 Å². The van der Waals surface area contributed by atoms with Crippen LogP contribution in [0.15, 0.2) is 53.1 Å². The lowest BCUT2D eigenvalue weighted by Gasteiger charge is -2.10. The molecule has 2 amide bonds. The van der Waals surface area contributed by atoms with Crippen molar-refractivity contribution in [3.8, 4) is 0 Å². The highest BCUT2D eigenvalue weighted by Gasteiger charge is 2.13. The molecule has 0 unspecified atom stereocenters. The van der Waals surface area contributed by atoms with Gasteiger partial charge in [-0.2, -0.15) is 0 Å². The van der Waals surface area contributed by atoms with Gasteiger partial charge in [0.1, 0.15) is 5.76 Å². The first kappa shape index (κ1) is 17.7. The van der Waals surface area contributed by atoms with Crippen molar-refractivity contribution in [3.05, 3.63) is 76.0 Å². The molecule has 0 saturated carbocycles. The topological polar surface area (TPSA) is 84.2 Å². The van der Waals surface area contributed by atoms with E-state index in [0.717, 1.165) is 5.56 Å². The van der Waals surface area contributed by atoms with E-state index in [4.69, 9.17) is 16.1 Å². The van der Waals surface area contributed by atoms with Crippen LogP contribution in [0, 0.1) is 13.8 Å². The number of nitrogens with zero attached hydrogens (tertiary/aromatic N) is 1. The standard InChI is InChI=1S/C19H16ClN3O3/c1-11-9-17(23-26-11)22-19(25)14-6-3-5-13(10-14)18(24)21-16-8-4-7-15(20)12(16)2/h3-10H,1-2H3,(H,21,24)(H,22,23,25). The third-order valence-electron chi connectivity index (χ3n) is 3.77. The van der Waals surface area contributed by atoms with Crippen molar-refractivity contribution in [2.24, 2.45) is 0 Å². The zero-order valence-electron chi connectivity index (χ0n) is 14.2. The van der Waals surface area contributed by atoms with Gasteiger partial charge in [0.05, 0.1) is 0 Å². The number of nitrogens with one attached hydrogen (secondary N) is 2. The van der Waals surface area contributed by atoms with Gasteiger partial charge in [0.2, 0.25) is 0 Å². The van der Waals surface area contributed by atoms with Crippen molar-refractivity contribution in [1.82, 2.24) is 5.16 Å². The number of carbonyl (C=O) groups is 2. The van der Waals surface area contributed by atoms with E-state index in [0.29, 0.717) is 33.4 Å². The lowest BCUT2D eigenvalue weighted by molar-refractivity contribution is 0.102. The van der Waals surface area contributed by atoms with Gasteiger partial charge < -0.3 is 15.2 Å². The van der Waals surface area contributed by atoms with Crippen LogP contribution in [-0.2, 0) is 0 Å². The molecule has 3 rings (SSSR count). The highest BCUT2D eigenvalue weighted by atomic mass is 35.5. The Bertz CT molecular complexity index is 982. The Balaban J connectivity index is 1.76. The Hall–Kier alpha value is -3.12. The summed E-state index contributed by atoms with van der Waals surface area (Å²) in [7, 11) is 0. The van der Waals surface area contributed by atoms with E-state index in [-0.39, 0.29) is 11.8 Å². The molecule has 6 nitrogen and oxygen atoms in total. The molecule has 0 bridgehead atoms. The summed E-state index contributed by atoms with van der Waals surface area (Å²) in [5, 5.41) is 9.70. The number of benzene rings is 2. The van der Waals surface area contributed by atoms with E-state index in [2.05, 4.69) is 15.8 Å². The number of halogens is 1. The molecule has 0 fully saturated rings. The molecule has 1 aromatic heterocycles. The summed E-state index contributed by atoms with van der Waals surface area (Å²) in [6.45, 7) is 3.55. The van der Waals surface area contributed by atoms with Crippen LogP contribution >= 0.6 is 11.6 Å². The fourth-order valence-corrected chi connectivity index (χ4v) is 2.53. The van der Waals surface area contributed by atoms with Crippen LogP contribution in [0.3, 0.4) is 0 Å². The fourth-order valence-electron chi connectivity index (χ4n) is 2.35. The lowest BCUT2D eigenvalue weighted by atomic mass is 10.1. The van der Waals surface area contributed by atoms with Crippen LogP contribution in [0.4, 0.5) is 11.5 Å². The summed E-state index contributed by atoms with van der Waals surface area (Å²) in [4.78, 5) is 24.8. The molecule has 0 aliphatic heterocycles. The highest BCUT2D eigenvalue weighted by molar-refractivity contribution is 6.31. The first-order chi connectivity index (χ1) is 12.4. The molecule has 0 saturated heterocycles. The van der Waals surface area contributed by atoms with Gasteiger partial charge >= 0.3 is 0 Å². The van der Waals surface area contributed by atoms with Crippen LogP contribution in [0.25, 0.3) is 0 Å². The number of carbonyl (C=O) groups excluding carboxylic acids is 2. The molecule has 0 spiro atoms. The number of rotatable bonds is 4. The number of amides is 2. The Morgan fingerprint density at radius 1 is 0.962 bits per heavy atom. The van der Waals surface area contributed by atoms with Gasteiger partial charge in [0.15, 0.2) is 5.82 Å². The van der Waals surface area contributed by atoms with Crippen molar-refractivity contribution in [3.63, 3.8) is 0 Å². The lowest BCUT2D eigenvalue weighted by Crippen LogP contribution is -2.16. The SMILES string of the molecule is Cc1cc(NC(=O)c2cccc(C(=O)Nc3cccc(Cl)c3C)c2)no1. The number of anilines is 2. The molecule has 1 heterocycles. The molecule has 0 aliphatic carbocycles. The molecule has 0 aliphatic rings. The zero-order valence-corrected chi connectivity index (χ0v) is 14.9. The summed E-state index contributed by atoms with van der Waals surface area (Å²) < 4.78 is 4.91. The second-order valence-electron chi connectivity index (χ2n) is 5.72. The Morgan fingerprint density at radius 2 is 1.62 bits per heavy atom. The minimum Gasteiger partial charge on any atom is -0.360 e. The predicted octanol–water partition coefficient (Wildman–Crippen LogP) is 4.45. The number of hydrogen-bond acceptors (Lipinski definition) is 4. The van der Waals surface area contributed by atoms with Crippen molar-refractivity contribution in [1.29, 1.82) is 0 Å². The second kappa shape index (κ2) is 7.41. The molecule has 0 radical (unpaired) electrons. The summed E-state index contributed by atoms with van der Waals surface area (Å²) in [6, 6.07) is 13.3. The molecule has 2 N–H and O–H groups in total. The third kappa shape index (κ3) is 3.92. The van der Waals surface area contributed by atoms with E-state index in [1.165, 1.54) is 6.07 Å². The van der Waals surface area contributed by atoms with Crippen LogP contribution in [0.1, 0.15) is 32.0 Å². The maximum atomic E-state index is 12.5. The van der Waals surface area contributed by atoms with Crippen LogP contribution < -0.4 is 10.6 Å². The van der Waals surface area contributed by atoms with Crippen molar-refractivity contribution < 1.29 is 14.1 Å². The molecule has 132 valence electrons. The molecule has 7 heteroatoms. The maximum absolute atomic E-state index is 12.5. The first-order valence-corrected chi connectivity index (χ1v) is 8.23. The quantitative estimate of drug-likeness (QED) is 0.711. The molecular weight excluding hydrogens is 354 g/mol. The fraction of sp³-hybridized carbons (Fsp3) is 0.105. The largest absolute Gasteiger partial charge is 0.360 e. The maximum Gasteiger partial charge on any atom is 0.256 e. The smallest absolute Gasteiger partial charge is 0.256 e. The van der Waals surface area contributed by atoms with E-state index in [1.807, 2.05) is 6.92 Å². The highest BCUT2D eigenvalue weighted by Crippen LogP contribution is 2.23. The summed E-state index contributed by atoms with van der Waals surface area (Å²) >= 11 is 6.07. The predicted molar refractivity (Wildman–Crippen MR) is 99.8 cm³/mol. The summed E-state index contributed by atoms with van der Waals surface area (Å²) in [5.74, 6) is 0.191. The Labute approximate surface area is 155 Å². The number of aromatic nitrogens is 1. The third-order valence-corrected chi connectivity index (χ3v) is 4.18. The minimum atomic E-state index is -0.383. The van der Waals surface area contributed by atoms with E-state index in [9.17, 15) is 9.59 Å². The van der Waals surface area contributed by atoms with Crippen molar-refractivity contribution in [2.45, 2.75) is 13.8 Å².